The number of rotatable bonds is 3. The Labute approximate surface area is 87.7 Å². The van der Waals surface area contributed by atoms with Crippen molar-refractivity contribution in [3.63, 3.8) is 0 Å². The van der Waals surface area contributed by atoms with Gasteiger partial charge in [0.1, 0.15) is 5.88 Å². The number of anilines is 1. The van der Waals surface area contributed by atoms with E-state index < -0.39 is 0 Å². The van der Waals surface area contributed by atoms with E-state index in [0.29, 0.717) is 5.69 Å². The number of nitrogens with one attached hydrogen (secondary N) is 1. The average molecular weight is 214 g/mol. The number of carbonyl (C=O) groups is 1. The van der Waals surface area contributed by atoms with Crippen LogP contribution in [-0.2, 0) is 11.4 Å². The van der Waals surface area contributed by atoms with E-state index in [1.54, 1.807) is 18.2 Å². The number of amides is 1. The summed E-state index contributed by atoms with van der Waals surface area (Å²) in [6.45, 7) is 1.89. The summed E-state index contributed by atoms with van der Waals surface area (Å²) in [5.41, 5.74) is 2.50. The highest BCUT2D eigenvalue weighted by Gasteiger charge is 2.02. The molecule has 0 bridgehead atoms. The molecule has 0 aromatic heterocycles. The van der Waals surface area contributed by atoms with Gasteiger partial charge in [-0.05, 0) is 30.2 Å². The quantitative estimate of drug-likeness (QED) is 0.751. The molecule has 0 heterocycles. The van der Waals surface area contributed by atoms with E-state index in [9.17, 15) is 4.79 Å². The fourth-order valence-corrected chi connectivity index (χ4v) is 1.21. The number of carbonyl (C=O) groups excluding carboxylic acids is 1. The van der Waals surface area contributed by atoms with Gasteiger partial charge in [-0.1, -0.05) is 6.07 Å². The summed E-state index contributed by atoms with van der Waals surface area (Å²) < 4.78 is 0. The minimum Gasteiger partial charge on any atom is -0.392 e. The number of benzene rings is 1. The predicted molar refractivity (Wildman–Crippen MR) is 56.5 cm³/mol. The SMILES string of the molecule is Cc1cc(NC(=O)CCl)ccc1CO. The molecule has 0 unspecified atom stereocenters. The van der Waals surface area contributed by atoms with Crippen LogP contribution < -0.4 is 5.32 Å². The summed E-state index contributed by atoms with van der Waals surface area (Å²) in [6, 6.07) is 5.32. The number of aryl methyl sites for hydroxylation is 1. The minimum absolute atomic E-state index is 0.00949. The minimum atomic E-state index is -0.234. The lowest BCUT2D eigenvalue weighted by atomic mass is 10.1. The van der Waals surface area contributed by atoms with Crippen molar-refractivity contribution in [3.8, 4) is 0 Å². The Hall–Kier alpha value is -1.06. The van der Waals surface area contributed by atoms with Crippen LogP contribution in [0.3, 0.4) is 0 Å². The molecule has 0 fully saturated rings. The molecule has 1 aromatic rings. The highest BCUT2D eigenvalue weighted by molar-refractivity contribution is 6.29. The molecule has 1 aromatic carbocycles. The average Bonchev–Trinajstić information content (AvgIpc) is 2.18. The Kier molecular flexibility index (Phi) is 3.92. The Morgan fingerprint density at radius 2 is 2.29 bits per heavy atom. The second kappa shape index (κ2) is 4.98. The van der Waals surface area contributed by atoms with Gasteiger partial charge in [-0.25, -0.2) is 0 Å². The fraction of sp³-hybridized carbons (Fsp3) is 0.300. The highest BCUT2D eigenvalue weighted by atomic mass is 35.5. The first-order chi connectivity index (χ1) is 6.67. The lowest BCUT2D eigenvalue weighted by Crippen LogP contribution is -2.12. The third-order valence-corrected chi connectivity index (χ3v) is 2.16. The zero-order chi connectivity index (χ0) is 10.6. The van der Waals surface area contributed by atoms with Crippen molar-refractivity contribution in [1.29, 1.82) is 0 Å². The summed E-state index contributed by atoms with van der Waals surface area (Å²) in [6.07, 6.45) is 0. The summed E-state index contributed by atoms with van der Waals surface area (Å²) in [5.74, 6) is -0.288. The molecule has 0 aliphatic heterocycles. The molecular weight excluding hydrogens is 202 g/mol. The van der Waals surface area contributed by atoms with Crippen molar-refractivity contribution >= 4 is 23.2 Å². The second-order valence-corrected chi connectivity index (χ2v) is 3.25. The highest BCUT2D eigenvalue weighted by Crippen LogP contribution is 2.15. The maximum absolute atomic E-state index is 11.0. The molecule has 1 amide bonds. The Morgan fingerprint density at radius 3 is 2.79 bits per heavy atom. The van der Waals surface area contributed by atoms with Crippen LogP contribution >= 0.6 is 11.6 Å². The van der Waals surface area contributed by atoms with Crippen LogP contribution in [0.5, 0.6) is 0 Å². The lowest BCUT2D eigenvalue weighted by molar-refractivity contribution is -0.113. The number of hydrogen-bond acceptors (Lipinski definition) is 2. The number of aliphatic hydroxyl groups excluding tert-OH is 1. The van der Waals surface area contributed by atoms with Crippen molar-refractivity contribution in [3.05, 3.63) is 29.3 Å². The van der Waals surface area contributed by atoms with Gasteiger partial charge in [-0.2, -0.15) is 0 Å². The lowest BCUT2D eigenvalue weighted by Gasteiger charge is -2.06. The summed E-state index contributed by atoms with van der Waals surface area (Å²) in [5, 5.41) is 11.6. The van der Waals surface area contributed by atoms with Gasteiger partial charge in [0, 0.05) is 5.69 Å². The van der Waals surface area contributed by atoms with Crippen LogP contribution in [0.25, 0.3) is 0 Å². The van der Waals surface area contributed by atoms with Crippen LogP contribution in [0.1, 0.15) is 11.1 Å². The van der Waals surface area contributed by atoms with Gasteiger partial charge in [-0.15, -0.1) is 11.6 Å². The van der Waals surface area contributed by atoms with Crippen molar-refractivity contribution in [2.75, 3.05) is 11.2 Å². The molecule has 4 heteroatoms. The van der Waals surface area contributed by atoms with E-state index >= 15 is 0 Å². The maximum Gasteiger partial charge on any atom is 0.239 e. The molecule has 3 nitrogen and oxygen atoms in total. The van der Waals surface area contributed by atoms with E-state index in [1.165, 1.54) is 0 Å². The zero-order valence-corrected chi connectivity index (χ0v) is 8.64. The van der Waals surface area contributed by atoms with E-state index in [-0.39, 0.29) is 18.4 Å². The molecule has 0 saturated heterocycles. The molecule has 0 atom stereocenters. The molecule has 2 N–H and O–H groups in total. The van der Waals surface area contributed by atoms with E-state index in [0.717, 1.165) is 11.1 Å². The predicted octanol–water partition coefficient (Wildman–Crippen LogP) is 1.66. The maximum atomic E-state index is 11.0. The van der Waals surface area contributed by atoms with Crippen LogP contribution in [0.15, 0.2) is 18.2 Å². The molecule has 1 rings (SSSR count). The number of halogens is 1. The molecule has 0 radical (unpaired) electrons. The molecule has 0 saturated carbocycles. The number of hydrogen-bond donors (Lipinski definition) is 2. The summed E-state index contributed by atoms with van der Waals surface area (Å²) >= 11 is 5.35. The smallest absolute Gasteiger partial charge is 0.239 e. The largest absolute Gasteiger partial charge is 0.392 e. The zero-order valence-electron chi connectivity index (χ0n) is 7.88. The van der Waals surface area contributed by atoms with E-state index in [4.69, 9.17) is 16.7 Å². The van der Waals surface area contributed by atoms with Gasteiger partial charge in [0.15, 0.2) is 0 Å². The summed E-state index contributed by atoms with van der Waals surface area (Å²) in [4.78, 5) is 11.0. The molecule has 0 aliphatic carbocycles. The van der Waals surface area contributed by atoms with Crippen molar-refractivity contribution in [2.24, 2.45) is 0 Å². The molecule has 0 spiro atoms. The van der Waals surface area contributed by atoms with Crippen LogP contribution in [-0.4, -0.2) is 16.9 Å². The van der Waals surface area contributed by atoms with Crippen molar-refractivity contribution < 1.29 is 9.90 Å². The van der Waals surface area contributed by atoms with Crippen molar-refractivity contribution in [1.82, 2.24) is 0 Å². The van der Waals surface area contributed by atoms with Gasteiger partial charge in [0.25, 0.3) is 0 Å². The molecule has 76 valence electrons. The normalized spacial score (nSPS) is 9.93. The Balaban J connectivity index is 2.81. The standard InChI is InChI=1S/C10H12ClNO2/c1-7-4-9(12-10(14)5-11)3-2-8(7)6-13/h2-4,13H,5-6H2,1H3,(H,12,14). The van der Waals surface area contributed by atoms with E-state index in [1.807, 2.05) is 6.92 Å². The number of aliphatic hydroxyl groups is 1. The van der Waals surface area contributed by atoms with Gasteiger partial charge in [-0.3, -0.25) is 4.79 Å². The fourth-order valence-electron chi connectivity index (χ4n) is 1.15. The third kappa shape index (κ3) is 2.72. The molecular formula is C10H12ClNO2. The van der Waals surface area contributed by atoms with Gasteiger partial charge in [0.05, 0.1) is 6.61 Å². The Bertz CT molecular complexity index is 339. The monoisotopic (exact) mass is 213 g/mol. The number of alkyl halides is 1. The molecule has 0 aliphatic rings. The van der Waals surface area contributed by atoms with Crippen molar-refractivity contribution in [2.45, 2.75) is 13.5 Å². The molecule has 14 heavy (non-hydrogen) atoms. The summed E-state index contributed by atoms with van der Waals surface area (Å²) in [7, 11) is 0. The Morgan fingerprint density at radius 1 is 1.57 bits per heavy atom. The van der Waals surface area contributed by atoms with Gasteiger partial charge >= 0.3 is 0 Å². The second-order valence-electron chi connectivity index (χ2n) is 2.98. The van der Waals surface area contributed by atoms with Gasteiger partial charge < -0.3 is 10.4 Å². The van der Waals surface area contributed by atoms with Gasteiger partial charge in [0.2, 0.25) is 5.91 Å². The van der Waals surface area contributed by atoms with E-state index in [2.05, 4.69) is 5.32 Å². The first kappa shape index (κ1) is 11.0. The van der Waals surface area contributed by atoms with Crippen LogP contribution in [0.2, 0.25) is 0 Å². The topological polar surface area (TPSA) is 49.3 Å². The first-order valence-electron chi connectivity index (χ1n) is 4.23. The first-order valence-corrected chi connectivity index (χ1v) is 4.77. The van der Waals surface area contributed by atoms with Crippen LogP contribution in [0.4, 0.5) is 5.69 Å². The van der Waals surface area contributed by atoms with Crippen LogP contribution in [0, 0.1) is 6.92 Å². The third-order valence-electron chi connectivity index (χ3n) is 1.92.